The van der Waals surface area contributed by atoms with Crippen LogP contribution in [0, 0.1) is 5.92 Å². The molecular formula is C14H28ClN3O. The summed E-state index contributed by atoms with van der Waals surface area (Å²) in [7, 11) is 2.04. The molecule has 1 amide bonds. The van der Waals surface area contributed by atoms with E-state index in [9.17, 15) is 4.79 Å². The first-order chi connectivity index (χ1) is 8.63. The van der Waals surface area contributed by atoms with Gasteiger partial charge in [-0.25, -0.2) is 0 Å². The molecule has 19 heavy (non-hydrogen) atoms. The van der Waals surface area contributed by atoms with Crippen LogP contribution in [-0.4, -0.2) is 54.5 Å². The molecule has 2 fully saturated rings. The van der Waals surface area contributed by atoms with Crippen molar-refractivity contribution in [3.8, 4) is 0 Å². The molecule has 0 aromatic rings. The number of hydrogen-bond acceptors (Lipinski definition) is 3. The van der Waals surface area contributed by atoms with Crippen molar-refractivity contribution in [1.29, 1.82) is 0 Å². The molecule has 0 aromatic carbocycles. The van der Waals surface area contributed by atoms with Crippen LogP contribution >= 0.6 is 12.4 Å². The molecule has 1 aliphatic carbocycles. The normalized spacial score (nSPS) is 25.1. The lowest BCUT2D eigenvalue weighted by atomic mass is 10.0. The molecule has 5 heteroatoms. The average Bonchev–Trinajstić information content (AvgIpc) is 3.15. The fraction of sp³-hybridized carbons (Fsp3) is 0.929. The van der Waals surface area contributed by atoms with Crippen LogP contribution in [0.2, 0.25) is 0 Å². The van der Waals surface area contributed by atoms with E-state index in [-0.39, 0.29) is 18.3 Å². The van der Waals surface area contributed by atoms with Gasteiger partial charge in [0.2, 0.25) is 5.91 Å². The zero-order valence-electron chi connectivity index (χ0n) is 12.2. The van der Waals surface area contributed by atoms with Crippen molar-refractivity contribution in [2.24, 2.45) is 11.7 Å². The monoisotopic (exact) mass is 289 g/mol. The molecule has 2 N–H and O–H groups in total. The molecule has 1 heterocycles. The molecule has 112 valence electrons. The lowest BCUT2D eigenvalue weighted by Crippen LogP contribution is -2.49. The minimum atomic E-state index is 0. The summed E-state index contributed by atoms with van der Waals surface area (Å²) in [5.74, 6) is 1.01. The van der Waals surface area contributed by atoms with E-state index in [4.69, 9.17) is 5.73 Å². The third-order valence-corrected chi connectivity index (χ3v) is 4.48. The summed E-state index contributed by atoms with van der Waals surface area (Å²) in [5, 5.41) is 0. The van der Waals surface area contributed by atoms with Crippen LogP contribution in [0.1, 0.15) is 39.0 Å². The zero-order chi connectivity index (χ0) is 13.1. The highest BCUT2D eigenvalue weighted by Gasteiger charge is 2.34. The van der Waals surface area contributed by atoms with Gasteiger partial charge in [-0.15, -0.1) is 12.4 Å². The molecule has 0 bridgehead atoms. The SMILES string of the molecule is CC1CCCCN1C(=O)CN(C)C(CN)C1CC1.Cl. The van der Waals surface area contributed by atoms with Crippen LogP contribution in [0.5, 0.6) is 0 Å². The minimum absolute atomic E-state index is 0. The van der Waals surface area contributed by atoms with Gasteiger partial charge < -0.3 is 10.6 Å². The van der Waals surface area contributed by atoms with Gasteiger partial charge >= 0.3 is 0 Å². The van der Waals surface area contributed by atoms with E-state index in [0.717, 1.165) is 25.3 Å². The molecule has 1 saturated heterocycles. The Morgan fingerprint density at radius 2 is 2.05 bits per heavy atom. The number of piperidine rings is 1. The van der Waals surface area contributed by atoms with Crippen LogP contribution in [0.3, 0.4) is 0 Å². The maximum Gasteiger partial charge on any atom is 0.236 e. The standard InChI is InChI=1S/C14H27N3O.ClH/c1-11-5-3-4-8-17(11)14(18)10-16(2)13(9-15)12-6-7-12;/h11-13H,3-10,15H2,1-2H3;1H. The quantitative estimate of drug-likeness (QED) is 0.834. The summed E-state index contributed by atoms with van der Waals surface area (Å²) < 4.78 is 0. The number of nitrogens with zero attached hydrogens (tertiary/aromatic N) is 2. The van der Waals surface area contributed by atoms with Crippen molar-refractivity contribution in [2.75, 3.05) is 26.7 Å². The predicted octanol–water partition coefficient (Wildman–Crippen LogP) is 1.48. The van der Waals surface area contributed by atoms with Crippen LogP contribution in [0.15, 0.2) is 0 Å². The Bertz CT molecular complexity index is 296. The zero-order valence-corrected chi connectivity index (χ0v) is 13.0. The summed E-state index contributed by atoms with van der Waals surface area (Å²) in [6.45, 7) is 4.30. The second-order valence-corrected chi connectivity index (χ2v) is 5.99. The molecule has 2 aliphatic rings. The van der Waals surface area contributed by atoms with Gasteiger partial charge in [0, 0.05) is 25.2 Å². The predicted molar refractivity (Wildman–Crippen MR) is 80.5 cm³/mol. The van der Waals surface area contributed by atoms with Gasteiger partial charge in [-0.1, -0.05) is 0 Å². The number of likely N-dealkylation sites (N-methyl/N-ethyl adjacent to an activating group) is 1. The van der Waals surface area contributed by atoms with Gasteiger partial charge in [0.05, 0.1) is 6.54 Å². The van der Waals surface area contributed by atoms with Crippen molar-refractivity contribution in [3.05, 3.63) is 0 Å². The molecule has 0 aromatic heterocycles. The van der Waals surface area contributed by atoms with Gasteiger partial charge in [-0.05, 0) is 52.0 Å². The highest BCUT2D eigenvalue weighted by molar-refractivity contribution is 5.85. The molecular weight excluding hydrogens is 262 g/mol. The molecule has 2 atom stereocenters. The third kappa shape index (κ3) is 4.33. The van der Waals surface area contributed by atoms with E-state index < -0.39 is 0 Å². The van der Waals surface area contributed by atoms with E-state index in [1.54, 1.807) is 0 Å². The maximum atomic E-state index is 12.3. The number of amides is 1. The molecule has 4 nitrogen and oxygen atoms in total. The maximum absolute atomic E-state index is 12.3. The van der Waals surface area contributed by atoms with Crippen LogP contribution in [0.25, 0.3) is 0 Å². The van der Waals surface area contributed by atoms with Gasteiger partial charge in [-0.2, -0.15) is 0 Å². The van der Waals surface area contributed by atoms with E-state index in [1.165, 1.54) is 19.3 Å². The number of hydrogen-bond donors (Lipinski definition) is 1. The summed E-state index contributed by atoms with van der Waals surface area (Å²) in [6.07, 6.45) is 6.12. The largest absolute Gasteiger partial charge is 0.339 e. The Balaban J connectivity index is 0.00000180. The van der Waals surface area contributed by atoms with Crippen LogP contribution in [0.4, 0.5) is 0 Å². The van der Waals surface area contributed by atoms with Gasteiger partial charge in [0.25, 0.3) is 0 Å². The highest BCUT2D eigenvalue weighted by Crippen LogP contribution is 2.34. The fourth-order valence-electron chi connectivity index (χ4n) is 3.10. The molecule has 2 rings (SSSR count). The van der Waals surface area contributed by atoms with E-state index in [0.29, 0.717) is 25.2 Å². The fourth-order valence-corrected chi connectivity index (χ4v) is 3.10. The molecule has 1 aliphatic heterocycles. The number of carbonyl (C=O) groups is 1. The van der Waals surface area contributed by atoms with Crippen LogP contribution in [-0.2, 0) is 4.79 Å². The second kappa shape index (κ2) is 7.46. The first-order valence-electron chi connectivity index (χ1n) is 7.33. The number of likely N-dealkylation sites (tertiary alicyclic amines) is 1. The smallest absolute Gasteiger partial charge is 0.236 e. The van der Waals surface area contributed by atoms with E-state index in [1.807, 2.05) is 7.05 Å². The Hall–Kier alpha value is -0.320. The summed E-state index contributed by atoms with van der Waals surface area (Å²) in [4.78, 5) is 16.5. The lowest BCUT2D eigenvalue weighted by Gasteiger charge is -2.36. The van der Waals surface area contributed by atoms with E-state index in [2.05, 4.69) is 16.7 Å². The molecule has 0 radical (unpaired) electrons. The van der Waals surface area contributed by atoms with Crippen molar-refractivity contribution < 1.29 is 4.79 Å². The van der Waals surface area contributed by atoms with Gasteiger partial charge in [-0.3, -0.25) is 9.69 Å². The molecule has 2 unspecified atom stereocenters. The number of nitrogens with two attached hydrogens (primary N) is 1. The van der Waals surface area contributed by atoms with Crippen molar-refractivity contribution in [1.82, 2.24) is 9.80 Å². The summed E-state index contributed by atoms with van der Waals surface area (Å²) in [5.41, 5.74) is 5.83. The number of carbonyl (C=O) groups excluding carboxylic acids is 1. The topological polar surface area (TPSA) is 49.6 Å². The van der Waals surface area contributed by atoms with Crippen molar-refractivity contribution >= 4 is 18.3 Å². The van der Waals surface area contributed by atoms with Gasteiger partial charge in [0.1, 0.15) is 0 Å². The van der Waals surface area contributed by atoms with E-state index >= 15 is 0 Å². The van der Waals surface area contributed by atoms with Crippen molar-refractivity contribution in [3.63, 3.8) is 0 Å². The highest BCUT2D eigenvalue weighted by atomic mass is 35.5. The Kier molecular flexibility index (Phi) is 6.57. The molecule has 0 spiro atoms. The first-order valence-corrected chi connectivity index (χ1v) is 7.33. The Labute approximate surface area is 123 Å². The van der Waals surface area contributed by atoms with Crippen LogP contribution < -0.4 is 5.73 Å². The number of halogens is 1. The number of rotatable bonds is 5. The Morgan fingerprint density at radius 3 is 2.58 bits per heavy atom. The second-order valence-electron chi connectivity index (χ2n) is 5.99. The third-order valence-electron chi connectivity index (χ3n) is 4.48. The molecule has 1 saturated carbocycles. The average molecular weight is 290 g/mol. The van der Waals surface area contributed by atoms with Crippen molar-refractivity contribution in [2.45, 2.75) is 51.1 Å². The first kappa shape index (κ1) is 16.7. The summed E-state index contributed by atoms with van der Waals surface area (Å²) >= 11 is 0. The Morgan fingerprint density at radius 1 is 1.37 bits per heavy atom. The lowest BCUT2D eigenvalue weighted by molar-refractivity contribution is -0.135. The minimum Gasteiger partial charge on any atom is -0.339 e. The summed E-state index contributed by atoms with van der Waals surface area (Å²) in [6, 6.07) is 0.811. The van der Waals surface area contributed by atoms with Gasteiger partial charge in [0.15, 0.2) is 0 Å².